The van der Waals surface area contributed by atoms with Gasteiger partial charge in [-0.1, -0.05) is 63.1 Å². The van der Waals surface area contributed by atoms with E-state index in [0.717, 1.165) is 26.2 Å². The Hall–Kier alpha value is -0.940. The van der Waals surface area contributed by atoms with Gasteiger partial charge in [-0.15, -0.1) is 23.5 Å². The van der Waals surface area contributed by atoms with Crippen LogP contribution in [0.25, 0.3) is 0 Å². The highest BCUT2D eigenvalue weighted by atomic mass is 32.2. The quantitative estimate of drug-likeness (QED) is 0.374. The van der Waals surface area contributed by atoms with E-state index in [0.29, 0.717) is 12.1 Å². The molecule has 2 aromatic carbocycles. The monoisotopic (exact) mass is 442 g/mol. The molecule has 164 valence electrons. The van der Waals surface area contributed by atoms with E-state index in [9.17, 15) is 0 Å². The lowest BCUT2D eigenvalue weighted by Gasteiger charge is -2.45. The maximum atomic E-state index is 2.80. The second-order valence-corrected chi connectivity index (χ2v) is 9.87. The van der Waals surface area contributed by atoms with Crippen LogP contribution in [0.3, 0.4) is 0 Å². The van der Waals surface area contributed by atoms with E-state index in [1.54, 1.807) is 0 Å². The Morgan fingerprint density at radius 2 is 1.13 bits per heavy atom. The number of nitrogens with zero attached hydrogens (tertiary/aromatic N) is 2. The van der Waals surface area contributed by atoms with E-state index in [2.05, 4.69) is 84.7 Å². The van der Waals surface area contributed by atoms with Gasteiger partial charge in [0.2, 0.25) is 0 Å². The second kappa shape index (κ2) is 12.2. The third-order valence-corrected chi connectivity index (χ3v) is 8.25. The van der Waals surface area contributed by atoms with Crippen LogP contribution in [0.5, 0.6) is 0 Å². The lowest BCUT2D eigenvalue weighted by atomic mass is 9.87. The molecule has 2 atom stereocenters. The molecule has 0 aliphatic heterocycles. The Balaban J connectivity index is 1.95. The minimum Gasteiger partial charge on any atom is -0.299 e. The third-order valence-electron chi connectivity index (χ3n) is 6.58. The van der Waals surface area contributed by atoms with Crippen LogP contribution in [-0.4, -0.2) is 47.5 Å². The first kappa shape index (κ1) is 23.7. The molecule has 1 fully saturated rings. The Labute approximate surface area is 192 Å². The molecular weight excluding hydrogens is 404 g/mol. The van der Waals surface area contributed by atoms with Crippen LogP contribution in [0.4, 0.5) is 0 Å². The van der Waals surface area contributed by atoms with E-state index in [1.807, 2.05) is 23.5 Å². The molecule has 0 heterocycles. The van der Waals surface area contributed by atoms with Crippen molar-refractivity contribution in [1.82, 2.24) is 9.80 Å². The van der Waals surface area contributed by atoms with Crippen LogP contribution in [0, 0.1) is 0 Å². The predicted molar refractivity (Wildman–Crippen MR) is 135 cm³/mol. The molecule has 0 radical (unpaired) electrons. The molecule has 0 aromatic heterocycles. The fourth-order valence-corrected chi connectivity index (χ4v) is 6.25. The van der Waals surface area contributed by atoms with Crippen LogP contribution < -0.4 is 0 Å². The summed E-state index contributed by atoms with van der Waals surface area (Å²) in [6.07, 6.45) is 9.76. The zero-order valence-electron chi connectivity index (χ0n) is 19.1. The van der Waals surface area contributed by atoms with E-state index in [1.165, 1.54) is 46.6 Å². The number of likely N-dealkylation sites (N-methyl/N-ethyl adjacent to an activating group) is 1. The van der Waals surface area contributed by atoms with Gasteiger partial charge in [0.15, 0.2) is 0 Å². The molecule has 0 saturated heterocycles. The standard InChI is InChI=1S/C26H38N2S2/c1-5-27(6-2)23-15-9-10-16-24(23)28(19-21-13-7-11-17-25(21)29-3)20-22-14-8-12-18-26(22)30-4/h7-8,11-14,17-18,23-24H,5-6,9-10,15-16,19-20H2,1-4H3. The topological polar surface area (TPSA) is 6.48 Å². The smallest absolute Gasteiger partial charge is 0.0258 e. The van der Waals surface area contributed by atoms with Gasteiger partial charge in [0.1, 0.15) is 0 Å². The molecular formula is C26H38N2S2. The van der Waals surface area contributed by atoms with E-state index in [4.69, 9.17) is 0 Å². The van der Waals surface area contributed by atoms with Gasteiger partial charge in [0.05, 0.1) is 0 Å². The highest BCUT2D eigenvalue weighted by molar-refractivity contribution is 7.98. The van der Waals surface area contributed by atoms with Gasteiger partial charge in [-0.3, -0.25) is 9.80 Å². The molecule has 2 unspecified atom stereocenters. The van der Waals surface area contributed by atoms with Crippen LogP contribution >= 0.6 is 23.5 Å². The minimum atomic E-state index is 0.614. The van der Waals surface area contributed by atoms with Crippen molar-refractivity contribution in [3.63, 3.8) is 0 Å². The fraction of sp³-hybridized carbons (Fsp3) is 0.538. The van der Waals surface area contributed by atoms with Gasteiger partial charge in [0.25, 0.3) is 0 Å². The van der Waals surface area contributed by atoms with Gasteiger partial charge in [-0.25, -0.2) is 0 Å². The molecule has 1 aliphatic rings. The highest BCUT2D eigenvalue weighted by Crippen LogP contribution is 2.32. The van der Waals surface area contributed by atoms with E-state index >= 15 is 0 Å². The highest BCUT2D eigenvalue weighted by Gasteiger charge is 2.33. The first-order valence-corrected chi connectivity index (χ1v) is 13.9. The molecule has 4 heteroatoms. The van der Waals surface area contributed by atoms with Crippen LogP contribution in [0.2, 0.25) is 0 Å². The van der Waals surface area contributed by atoms with Crippen molar-refractivity contribution in [2.75, 3.05) is 25.6 Å². The SMILES string of the molecule is CCN(CC)C1CCCCC1N(Cc1ccccc1SC)Cc1ccccc1SC. The first-order valence-electron chi connectivity index (χ1n) is 11.4. The largest absolute Gasteiger partial charge is 0.299 e. The lowest BCUT2D eigenvalue weighted by Crippen LogP contribution is -2.53. The molecule has 3 rings (SSSR count). The van der Waals surface area contributed by atoms with E-state index < -0.39 is 0 Å². The molecule has 30 heavy (non-hydrogen) atoms. The molecule has 0 amide bonds. The van der Waals surface area contributed by atoms with Crippen LogP contribution in [-0.2, 0) is 13.1 Å². The van der Waals surface area contributed by atoms with Gasteiger partial charge in [-0.2, -0.15) is 0 Å². The summed E-state index contributed by atoms with van der Waals surface area (Å²) in [7, 11) is 0. The molecule has 2 aromatic rings. The van der Waals surface area contributed by atoms with Gasteiger partial charge >= 0.3 is 0 Å². The molecule has 2 nitrogen and oxygen atoms in total. The Morgan fingerprint density at radius 3 is 1.57 bits per heavy atom. The maximum Gasteiger partial charge on any atom is 0.0258 e. The lowest BCUT2D eigenvalue weighted by molar-refractivity contribution is 0.0425. The first-order chi connectivity index (χ1) is 14.7. The summed E-state index contributed by atoms with van der Waals surface area (Å²) >= 11 is 3.75. The van der Waals surface area contributed by atoms with Gasteiger partial charge < -0.3 is 0 Å². The Bertz CT molecular complexity index is 726. The minimum absolute atomic E-state index is 0.614. The summed E-state index contributed by atoms with van der Waals surface area (Å²) in [4.78, 5) is 8.33. The van der Waals surface area contributed by atoms with Crippen LogP contribution in [0.15, 0.2) is 58.3 Å². The van der Waals surface area contributed by atoms with Crippen LogP contribution in [0.1, 0.15) is 50.7 Å². The number of rotatable bonds is 10. The van der Waals surface area contributed by atoms with Crippen molar-refractivity contribution >= 4 is 23.5 Å². The number of thioether (sulfide) groups is 2. The maximum absolute atomic E-state index is 2.80. The van der Waals surface area contributed by atoms with Gasteiger partial charge in [-0.05, 0) is 61.7 Å². The molecule has 1 saturated carbocycles. The molecule has 0 N–H and O–H groups in total. The summed E-state index contributed by atoms with van der Waals surface area (Å²) in [5.41, 5.74) is 2.94. The number of hydrogen-bond donors (Lipinski definition) is 0. The summed E-state index contributed by atoms with van der Waals surface area (Å²) in [5, 5.41) is 0. The molecule has 0 spiro atoms. The zero-order valence-corrected chi connectivity index (χ0v) is 20.8. The average Bonchev–Trinajstić information content (AvgIpc) is 2.80. The van der Waals surface area contributed by atoms with Crippen molar-refractivity contribution < 1.29 is 0 Å². The molecule has 1 aliphatic carbocycles. The Kier molecular flexibility index (Phi) is 9.64. The number of hydrogen-bond acceptors (Lipinski definition) is 4. The zero-order chi connectivity index (χ0) is 21.3. The normalized spacial score (nSPS) is 19.5. The summed E-state index contributed by atoms with van der Waals surface area (Å²) in [6, 6.07) is 19.2. The predicted octanol–water partition coefficient (Wildman–Crippen LogP) is 6.79. The van der Waals surface area contributed by atoms with Crippen molar-refractivity contribution in [3.8, 4) is 0 Å². The third kappa shape index (κ3) is 5.85. The van der Waals surface area contributed by atoms with Crippen molar-refractivity contribution in [1.29, 1.82) is 0 Å². The van der Waals surface area contributed by atoms with E-state index in [-0.39, 0.29) is 0 Å². The van der Waals surface area contributed by atoms with Crippen molar-refractivity contribution in [2.45, 2.75) is 74.5 Å². The fourth-order valence-electron chi connectivity index (χ4n) is 5.03. The van der Waals surface area contributed by atoms with Crippen molar-refractivity contribution in [2.24, 2.45) is 0 Å². The van der Waals surface area contributed by atoms with Crippen molar-refractivity contribution in [3.05, 3.63) is 59.7 Å². The Morgan fingerprint density at radius 1 is 0.700 bits per heavy atom. The molecule has 0 bridgehead atoms. The number of benzene rings is 2. The van der Waals surface area contributed by atoms with Gasteiger partial charge in [0, 0.05) is 35.0 Å². The average molecular weight is 443 g/mol. The second-order valence-electron chi connectivity index (χ2n) is 8.17. The summed E-state index contributed by atoms with van der Waals surface area (Å²) in [5.74, 6) is 0. The summed E-state index contributed by atoms with van der Waals surface area (Å²) in [6.45, 7) is 9.00. The summed E-state index contributed by atoms with van der Waals surface area (Å²) < 4.78 is 0.